The summed E-state index contributed by atoms with van der Waals surface area (Å²) >= 11 is 0. The fraction of sp³-hybridized carbons (Fsp3) is 0.545. The van der Waals surface area contributed by atoms with Crippen LogP contribution in [0.4, 0.5) is 0 Å². The van der Waals surface area contributed by atoms with Gasteiger partial charge in [0.25, 0.3) is 0 Å². The van der Waals surface area contributed by atoms with Gasteiger partial charge in [-0.15, -0.1) is 0 Å². The van der Waals surface area contributed by atoms with Gasteiger partial charge in [-0.3, -0.25) is 0 Å². The molecule has 1 N–H and O–H groups in total. The molecule has 0 aliphatic carbocycles. The van der Waals surface area contributed by atoms with Gasteiger partial charge in [-0.25, -0.2) is 0 Å². The van der Waals surface area contributed by atoms with Crippen LogP contribution in [0.25, 0.3) is 0 Å². The molecule has 2 atom stereocenters. The monoisotopic (exact) mass is 192 g/mol. The Bertz CT molecular complexity index is 287. The van der Waals surface area contributed by atoms with Crippen molar-refractivity contribution in [3.8, 4) is 6.07 Å². The highest BCUT2D eigenvalue weighted by molar-refractivity contribution is 5.03. The Hall–Kier alpha value is -1.27. The summed E-state index contributed by atoms with van der Waals surface area (Å²) in [6.45, 7) is 4.11. The van der Waals surface area contributed by atoms with Crippen molar-refractivity contribution in [2.24, 2.45) is 0 Å². The first-order valence-corrected chi connectivity index (χ1v) is 4.94. The molecule has 0 amide bonds. The largest absolute Gasteiger partial charge is 0.468 e. The van der Waals surface area contributed by atoms with Crippen molar-refractivity contribution in [1.29, 1.82) is 5.26 Å². The van der Waals surface area contributed by atoms with Crippen molar-refractivity contribution in [3.63, 3.8) is 0 Å². The van der Waals surface area contributed by atoms with Crippen LogP contribution in [0.15, 0.2) is 22.8 Å². The molecule has 1 aromatic heterocycles. The SMILES string of the molecule is CCC(CC#N)N[C@@H](C)c1ccco1. The van der Waals surface area contributed by atoms with E-state index in [0.717, 1.165) is 12.2 Å². The zero-order valence-corrected chi connectivity index (χ0v) is 8.66. The van der Waals surface area contributed by atoms with Crippen LogP contribution < -0.4 is 5.32 Å². The maximum absolute atomic E-state index is 8.60. The Kier molecular flexibility index (Phi) is 4.21. The lowest BCUT2D eigenvalue weighted by Crippen LogP contribution is -2.30. The van der Waals surface area contributed by atoms with Crippen molar-refractivity contribution >= 4 is 0 Å². The molecule has 1 rings (SSSR count). The van der Waals surface area contributed by atoms with Gasteiger partial charge in [0, 0.05) is 6.04 Å². The van der Waals surface area contributed by atoms with Crippen LogP contribution >= 0.6 is 0 Å². The summed E-state index contributed by atoms with van der Waals surface area (Å²) in [4.78, 5) is 0. The predicted molar refractivity (Wildman–Crippen MR) is 54.6 cm³/mol. The van der Waals surface area contributed by atoms with E-state index in [2.05, 4.69) is 18.3 Å². The molecule has 0 spiro atoms. The minimum absolute atomic E-state index is 0.170. The maximum atomic E-state index is 8.60. The highest BCUT2D eigenvalue weighted by Crippen LogP contribution is 2.14. The third kappa shape index (κ3) is 2.90. The molecule has 0 bridgehead atoms. The van der Waals surface area contributed by atoms with Crippen LogP contribution in [-0.4, -0.2) is 6.04 Å². The van der Waals surface area contributed by atoms with E-state index >= 15 is 0 Å². The summed E-state index contributed by atoms with van der Waals surface area (Å²) in [6, 6.07) is 6.41. The zero-order chi connectivity index (χ0) is 10.4. The minimum atomic E-state index is 0.170. The van der Waals surface area contributed by atoms with Crippen LogP contribution in [0.3, 0.4) is 0 Å². The summed E-state index contributed by atoms with van der Waals surface area (Å²) in [5, 5.41) is 12.0. The number of hydrogen-bond acceptors (Lipinski definition) is 3. The molecule has 0 aliphatic rings. The Labute approximate surface area is 84.7 Å². The average Bonchev–Trinajstić information content (AvgIpc) is 2.69. The van der Waals surface area contributed by atoms with Gasteiger partial charge in [0.2, 0.25) is 0 Å². The molecule has 3 nitrogen and oxygen atoms in total. The van der Waals surface area contributed by atoms with E-state index in [4.69, 9.17) is 9.68 Å². The number of hydrogen-bond donors (Lipinski definition) is 1. The quantitative estimate of drug-likeness (QED) is 0.780. The average molecular weight is 192 g/mol. The van der Waals surface area contributed by atoms with E-state index in [9.17, 15) is 0 Å². The second-order valence-corrected chi connectivity index (χ2v) is 3.37. The molecule has 76 valence electrons. The van der Waals surface area contributed by atoms with Crippen molar-refractivity contribution in [1.82, 2.24) is 5.32 Å². The minimum Gasteiger partial charge on any atom is -0.468 e. The van der Waals surface area contributed by atoms with Crippen LogP contribution in [0.1, 0.15) is 38.5 Å². The molecule has 0 aromatic carbocycles. The van der Waals surface area contributed by atoms with Crippen LogP contribution in [-0.2, 0) is 0 Å². The number of nitrogens with zero attached hydrogens (tertiary/aromatic N) is 1. The number of nitrogens with one attached hydrogen (secondary N) is 1. The lowest BCUT2D eigenvalue weighted by molar-refractivity contribution is 0.384. The van der Waals surface area contributed by atoms with E-state index in [1.165, 1.54) is 0 Å². The molecular weight excluding hydrogens is 176 g/mol. The second-order valence-electron chi connectivity index (χ2n) is 3.37. The van der Waals surface area contributed by atoms with Crippen molar-refractivity contribution < 1.29 is 4.42 Å². The Balaban J connectivity index is 2.47. The van der Waals surface area contributed by atoms with Crippen molar-refractivity contribution in [2.75, 3.05) is 0 Å². The van der Waals surface area contributed by atoms with E-state index in [0.29, 0.717) is 6.42 Å². The molecule has 1 unspecified atom stereocenters. The van der Waals surface area contributed by atoms with E-state index in [1.54, 1.807) is 6.26 Å². The number of nitriles is 1. The zero-order valence-electron chi connectivity index (χ0n) is 8.66. The van der Waals surface area contributed by atoms with Gasteiger partial charge < -0.3 is 9.73 Å². The van der Waals surface area contributed by atoms with E-state index < -0.39 is 0 Å². The molecule has 1 heterocycles. The second kappa shape index (κ2) is 5.46. The molecule has 0 saturated heterocycles. The normalized spacial score (nSPS) is 14.6. The molecule has 1 aromatic rings. The summed E-state index contributed by atoms with van der Waals surface area (Å²) in [7, 11) is 0. The number of rotatable bonds is 5. The Morgan fingerprint density at radius 2 is 2.43 bits per heavy atom. The summed E-state index contributed by atoms with van der Waals surface area (Å²) in [5.74, 6) is 0.918. The van der Waals surface area contributed by atoms with Crippen molar-refractivity contribution in [3.05, 3.63) is 24.2 Å². The molecular formula is C11H16N2O. The number of furan rings is 1. The first-order valence-electron chi connectivity index (χ1n) is 4.94. The molecule has 14 heavy (non-hydrogen) atoms. The summed E-state index contributed by atoms with van der Waals surface area (Å²) in [5.41, 5.74) is 0. The van der Waals surface area contributed by atoms with Gasteiger partial charge >= 0.3 is 0 Å². The van der Waals surface area contributed by atoms with Gasteiger partial charge in [-0.1, -0.05) is 6.92 Å². The Morgan fingerprint density at radius 1 is 1.64 bits per heavy atom. The summed E-state index contributed by atoms with van der Waals surface area (Å²) < 4.78 is 5.27. The predicted octanol–water partition coefficient (Wildman–Crippen LogP) is 2.62. The molecule has 3 heteroatoms. The van der Waals surface area contributed by atoms with E-state index in [1.807, 2.05) is 19.1 Å². The smallest absolute Gasteiger partial charge is 0.120 e. The van der Waals surface area contributed by atoms with Gasteiger partial charge in [-0.05, 0) is 25.5 Å². The van der Waals surface area contributed by atoms with Crippen LogP contribution in [0.2, 0.25) is 0 Å². The van der Waals surface area contributed by atoms with Gasteiger partial charge in [-0.2, -0.15) is 5.26 Å². The third-order valence-corrected chi connectivity index (χ3v) is 2.29. The highest BCUT2D eigenvalue weighted by Gasteiger charge is 2.12. The Morgan fingerprint density at radius 3 is 2.93 bits per heavy atom. The molecule has 0 fully saturated rings. The lowest BCUT2D eigenvalue weighted by Gasteiger charge is -2.18. The van der Waals surface area contributed by atoms with E-state index in [-0.39, 0.29) is 12.1 Å². The highest BCUT2D eigenvalue weighted by atomic mass is 16.3. The molecule has 0 aliphatic heterocycles. The molecule has 0 radical (unpaired) electrons. The lowest BCUT2D eigenvalue weighted by atomic mass is 10.1. The van der Waals surface area contributed by atoms with Crippen molar-refractivity contribution in [2.45, 2.75) is 38.8 Å². The van der Waals surface area contributed by atoms with Gasteiger partial charge in [0.05, 0.1) is 24.8 Å². The van der Waals surface area contributed by atoms with Gasteiger partial charge in [0.1, 0.15) is 5.76 Å². The summed E-state index contributed by atoms with van der Waals surface area (Å²) in [6.07, 6.45) is 3.17. The standard InChI is InChI=1S/C11H16N2O/c1-3-10(6-7-12)13-9(2)11-5-4-8-14-11/h4-5,8-10,13H,3,6H2,1-2H3/t9-,10?/m0/s1. The third-order valence-electron chi connectivity index (χ3n) is 2.29. The first kappa shape index (κ1) is 10.8. The van der Waals surface area contributed by atoms with Crippen LogP contribution in [0, 0.1) is 11.3 Å². The van der Waals surface area contributed by atoms with Gasteiger partial charge in [0.15, 0.2) is 0 Å². The fourth-order valence-corrected chi connectivity index (χ4v) is 1.40. The first-order chi connectivity index (χ1) is 6.77. The molecule has 0 saturated carbocycles. The fourth-order valence-electron chi connectivity index (χ4n) is 1.40. The van der Waals surface area contributed by atoms with Crippen LogP contribution in [0.5, 0.6) is 0 Å². The topological polar surface area (TPSA) is 49.0 Å². The maximum Gasteiger partial charge on any atom is 0.120 e.